The molecule has 1 aromatic heterocycles. The van der Waals surface area contributed by atoms with Crippen molar-refractivity contribution in [2.75, 3.05) is 11.5 Å². The van der Waals surface area contributed by atoms with E-state index in [9.17, 15) is 10.1 Å². The molecule has 0 aliphatic carbocycles. The van der Waals surface area contributed by atoms with E-state index in [0.29, 0.717) is 12.2 Å². The highest BCUT2D eigenvalue weighted by molar-refractivity contribution is 7.99. The summed E-state index contributed by atoms with van der Waals surface area (Å²) < 4.78 is 0. The van der Waals surface area contributed by atoms with E-state index < -0.39 is 5.54 Å². The van der Waals surface area contributed by atoms with Crippen LogP contribution in [-0.4, -0.2) is 27.9 Å². The van der Waals surface area contributed by atoms with Gasteiger partial charge in [-0.2, -0.15) is 17.0 Å². The van der Waals surface area contributed by atoms with Crippen LogP contribution in [0.15, 0.2) is 12.3 Å². The molecule has 1 atom stereocenters. The van der Waals surface area contributed by atoms with E-state index in [1.165, 1.54) is 6.08 Å². The highest BCUT2D eigenvalue weighted by Crippen LogP contribution is 2.28. The van der Waals surface area contributed by atoms with Crippen molar-refractivity contribution in [3.8, 4) is 6.07 Å². The molecule has 1 aromatic rings. The highest BCUT2D eigenvalue weighted by Gasteiger charge is 2.35. The van der Waals surface area contributed by atoms with Gasteiger partial charge < -0.3 is 5.32 Å². The first-order chi connectivity index (χ1) is 9.85. The first-order valence-electron chi connectivity index (χ1n) is 6.80. The summed E-state index contributed by atoms with van der Waals surface area (Å²) in [4.78, 5) is 17.3. The molecule has 1 amide bonds. The average molecular weight is 321 g/mol. The Morgan fingerprint density at radius 1 is 1.57 bits per heavy atom. The summed E-state index contributed by atoms with van der Waals surface area (Å²) in [6, 6.07) is 2.23. The Kier molecular flexibility index (Phi) is 4.74. The van der Waals surface area contributed by atoms with Crippen molar-refractivity contribution in [3.05, 3.63) is 22.2 Å². The largest absolute Gasteiger partial charge is 0.333 e. The monoisotopic (exact) mass is 321 g/mol. The van der Waals surface area contributed by atoms with Crippen LogP contribution in [0.5, 0.6) is 0 Å². The summed E-state index contributed by atoms with van der Waals surface area (Å²) in [5, 5.41) is 13.1. The number of nitriles is 1. The Bertz CT molecular complexity index is 587. The van der Waals surface area contributed by atoms with E-state index in [-0.39, 0.29) is 11.3 Å². The maximum Gasteiger partial charge on any atom is 0.245 e. The smallest absolute Gasteiger partial charge is 0.245 e. The predicted molar refractivity (Wildman–Crippen MR) is 88.3 cm³/mol. The van der Waals surface area contributed by atoms with Crippen molar-refractivity contribution in [3.63, 3.8) is 0 Å². The lowest BCUT2D eigenvalue weighted by molar-refractivity contribution is -0.117. The molecular formula is C15H19N3OS2. The minimum Gasteiger partial charge on any atom is -0.333 e. The van der Waals surface area contributed by atoms with Crippen molar-refractivity contribution in [2.45, 2.75) is 38.1 Å². The van der Waals surface area contributed by atoms with E-state index in [2.05, 4.69) is 37.1 Å². The van der Waals surface area contributed by atoms with Crippen LogP contribution in [0.1, 0.15) is 37.1 Å². The fourth-order valence-electron chi connectivity index (χ4n) is 1.93. The molecule has 0 radical (unpaired) electrons. The Morgan fingerprint density at radius 3 is 2.86 bits per heavy atom. The van der Waals surface area contributed by atoms with Gasteiger partial charge in [0.25, 0.3) is 0 Å². The second-order valence-corrected chi connectivity index (χ2v) is 8.30. The second-order valence-electron chi connectivity index (χ2n) is 6.14. The molecule has 1 aliphatic rings. The molecule has 6 heteroatoms. The zero-order valence-electron chi connectivity index (χ0n) is 12.5. The van der Waals surface area contributed by atoms with Gasteiger partial charge in [0, 0.05) is 28.3 Å². The fraction of sp³-hybridized carbons (Fsp3) is 0.533. The lowest BCUT2D eigenvalue weighted by atomic mass is 9.98. The molecule has 2 rings (SSSR count). The lowest BCUT2D eigenvalue weighted by Crippen LogP contribution is -2.46. The van der Waals surface area contributed by atoms with Gasteiger partial charge in [-0.25, -0.2) is 4.98 Å². The zero-order chi connectivity index (χ0) is 15.5. The summed E-state index contributed by atoms with van der Waals surface area (Å²) in [7, 11) is 0. The molecule has 2 heterocycles. The molecular weight excluding hydrogens is 302 g/mol. The normalized spacial score (nSPS) is 22.4. The minimum absolute atomic E-state index is 0.0188. The Balaban J connectivity index is 1.99. The number of nitrogens with zero attached hydrogens (tertiary/aromatic N) is 2. The van der Waals surface area contributed by atoms with Crippen molar-refractivity contribution in [1.82, 2.24) is 10.3 Å². The van der Waals surface area contributed by atoms with E-state index >= 15 is 0 Å². The van der Waals surface area contributed by atoms with Gasteiger partial charge in [0.1, 0.15) is 5.54 Å². The molecule has 0 bridgehead atoms. The minimum atomic E-state index is -0.698. The second kappa shape index (κ2) is 6.20. The number of thioether (sulfide) groups is 1. The van der Waals surface area contributed by atoms with Crippen LogP contribution in [0.3, 0.4) is 0 Å². The number of hydrogen-bond acceptors (Lipinski definition) is 5. The van der Waals surface area contributed by atoms with Crippen molar-refractivity contribution < 1.29 is 4.79 Å². The molecule has 1 N–H and O–H groups in total. The average Bonchev–Trinajstić information content (AvgIpc) is 3.05. The molecule has 0 spiro atoms. The van der Waals surface area contributed by atoms with Crippen LogP contribution in [0, 0.1) is 11.3 Å². The van der Waals surface area contributed by atoms with Gasteiger partial charge in [-0.1, -0.05) is 20.8 Å². The first-order valence-corrected chi connectivity index (χ1v) is 8.77. The number of carbonyl (C=O) groups is 1. The maximum atomic E-state index is 12.0. The topological polar surface area (TPSA) is 65.8 Å². The molecule has 1 aliphatic heterocycles. The maximum absolute atomic E-state index is 12.0. The number of nitrogens with one attached hydrogen (secondary N) is 1. The first kappa shape index (κ1) is 16.1. The van der Waals surface area contributed by atoms with Gasteiger partial charge in [0.2, 0.25) is 5.91 Å². The molecule has 112 valence electrons. The summed E-state index contributed by atoms with van der Waals surface area (Å²) >= 11 is 3.28. The van der Waals surface area contributed by atoms with Gasteiger partial charge >= 0.3 is 0 Å². The van der Waals surface area contributed by atoms with Crippen LogP contribution in [0.4, 0.5) is 0 Å². The predicted octanol–water partition coefficient (Wildman–Crippen LogP) is 2.97. The van der Waals surface area contributed by atoms with E-state index in [1.54, 1.807) is 35.4 Å². The third-order valence-electron chi connectivity index (χ3n) is 3.16. The van der Waals surface area contributed by atoms with Gasteiger partial charge in [0.05, 0.1) is 11.1 Å². The van der Waals surface area contributed by atoms with Crippen LogP contribution in [0.2, 0.25) is 0 Å². The van der Waals surface area contributed by atoms with E-state index in [1.807, 2.05) is 0 Å². The number of rotatable bonds is 3. The summed E-state index contributed by atoms with van der Waals surface area (Å²) in [5.74, 6) is 1.36. The standard InChI is InChI=1S/C15H19N3OS2/c1-14(2,3)13-17-8-11(21-13)4-5-12(19)18-15(9-16)6-7-20-10-15/h4-5,8H,6-7,10H2,1-3H3,(H,18,19)/b5-4-/t15-/m0/s1. The zero-order valence-corrected chi connectivity index (χ0v) is 14.1. The van der Waals surface area contributed by atoms with Crippen molar-refractivity contribution in [1.29, 1.82) is 5.26 Å². The van der Waals surface area contributed by atoms with Crippen LogP contribution < -0.4 is 5.32 Å². The van der Waals surface area contributed by atoms with E-state index in [0.717, 1.165) is 15.6 Å². The fourth-order valence-corrected chi connectivity index (χ4v) is 4.07. The summed E-state index contributed by atoms with van der Waals surface area (Å²) in [6.07, 6.45) is 5.74. The molecule has 4 nitrogen and oxygen atoms in total. The van der Waals surface area contributed by atoms with Gasteiger partial charge in [0.15, 0.2) is 0 Å². The van der Waals surface area contributed by atoms with E-state index in [4.69, 9.17) is 0 Å². The summed E-state index contributed by atoms with van der Waals surface area (Å²) in [6.45, 7) is 6.33. The number of thiazole rings is 1. The number of aromatic nitrogens is 1. The van der Waals surface area contributed by atoms with Gasteiger partial charge in [-0.05, 0) is 18.2 Å². The molecule has 1 fully saturated rings. The highest BCUT2D eigenvalue weighted by atomic mass is 32.2. The molecule has 0 saturated carbocycles. The Labute approximate surface area is 133 Å². The quantitative estimate of drug-likeness (QED) is 0.869. The number of carbonyl (C=O) groups excluding carboxylic acids is 1. The molecule has 0 aromatic carbocycles. The van der Waals surface area contributed by atoms with Crippen molar-refractivity contribution >= 4 is 35.1 Å². The SMILES string of the molecule is CC(C)(C)c1ncc(/C=C\C(=O)N[C@]2(C#N)CCSC2)s1. The third-order valence-corrected chi connectivity index (χ3v) is 5.74. The number of amides is 1. The lowest BCUT2D eigenvalue weighted by Gasteiger charge is -2.19. The number of hydrogen-bond donors (Lipinski definition) is 1. The van der Waals surface area contributed by atoms with Crippen LogP contribution in [0.25, 0.3) is 6.08 Å². The molecule has 1 saturated heterocycles. The Morgan fingerprint density at radius 2 is 2.33 bits per heavy atom. The molecule has 0 unspecified atom stereocenters. The van der Waals surface area contributed by atoms with Crippen molar-refractivity contribution in [2.24, 2.45) is 0 Å². The van der Waals surface area contributed by atoms with Gasteiger partial charge in [-0.15, -0.1) is 11.3 Å². The molecule has 21 heavy (non-hydrogen) atoms. The van der Waals surface area contributed by atoms with Crippen LogP contribution >= 0.6 is 23.1 Å². The summed E-state index contributed by atoms with van der Waals surface area (Å²) in [5.41, 5.74) is -0.679. The Hall–Kier alpha value is -1.32. The third kappa shape index (κ3) is 4.08. The van der Waals surface area contributed by atoms with Crippen LogP contribution in [-0.2, 0) is 10.2 Å². The van der Waals surface area contributed by atoms with Gasteiger partial charge in [-0.3, -0.25) is 4.79 Å².